The van der Waals surface area contributed by atoms with Crippen molar-refractivity contribution in [3.8, 4) is 6.07 Å². The number of carbonyl (C=O) groups excluding carboxylic acids is 2. The van der Waals surface area contributed by atoms with Gasteiger partial charge in [0.1, 0.15) is 5.82 Å². The summed E-state index contributed by atoms with van der Waals surface area (Å²) in [6.45, 7) is 6.23. The van der Waals surface area contributed by atoms with Crippen LogP contribution in [0.25, 0.3) is 0 Å². The van der Waals surface area contributed by atoms with Gasteiger partial charge in [-0.2, -0.15) is 5.26 Å². The first-order chi connectivity index (χ1) is 19.8. The predicted octanol–water partition coefficient (Wildman–Crippen LogP) is 7.37. The van der Waals surface area contributed by atoms with Crippen LogP contribution in [0.15, 0.2) is 42.5 Å². The zero-order valence-electron chi connectivity index (χ0n) is 24.0. The van der Waals surface area contributed by atoms with E-state index in [0.717, 1.165) is 64.5 Å². The highest BCUT2D eigenvalue weighted by Crippen LogP contribution is 2.63. The molecule has 0 spiro atoms. The van der Waals surface area contributed by atoms with Crippen molar-refractivity contribution in [1.29, 1.82) is 5.26 Å². The van der Waals surface area contributed by atoms with Crippen LogP contribution >= 0.6 is 11.6 Å². The Labute approximate surface area is 247 Å². The van der Waals surface area contributed by atoms with Crippen LogP contribution in [0.2, 0.25) is 5.02 Å². The molecule has 3 atom stereocenters. The lowest BCUT2D eigenvalue weighted by atomic mass is 9.79. The lowest BCUT2D eigenvalue weighted by molar-refractivity contribution is -0.137. The highest BCUT2D eigenvalue weighted by molar-refractivity contribution is 6.31. The Bertz CT molecular complexity index is 1320. The van der Waals surface area contributed by atoms with Crippen molar-refractivity contribution in [2.75, 3.05) is 25.0 Å². The molecule has 1 N–H and O–H groups in total. The number of rotatable bonds is 8. The van der Waals surface area contributed by atoms with Crippen molar-refractivity contribution < 1.29 is 14.0 Å². The van der Waals surface area contributed by atoms with Crippen molar-refractivity contribution in [3.05, 3.63) is 64.4 Å². The molecule has 0 bridgehead atoms. The summed E-state index contributed by atoms with van der Waals surface area (Å²) in [5.41, 5.74) is 2.52. The Morgan fingerprint density at radius 1 is 1.17 bits per heavy atom. The number of carbonyl (C=O) groups is 2. The molecule has 1 aliphatic heterocycles. The molecule has 1 unspecified atom stereocenters. The molecular formula is C33H40ClFN4O2. The average Bonchev–Trinajstić information content (AvgIpc) is 3.74. The van der Waals surface area contributed by atoms with E-state index in [1.807, 2.05) is 28.0 Å². The topological polar surface area (TPSA) is 76.4 Å². The molecule has 8 heteroatoms. The van der Waals surface area contributed by atoms with E-state index < -0.39 is 5.82 Å². The van der Waals surface area contributed by atoms with Gasteiger partial charge in [0.25, 0.3) is 0 Å². The normalized spacial score (nSPS) is 24.0. The van der Waals surface area contributed by atoms with Crippen molar-refractivity contribution >= 4 is 29.2 Å². The fourth-order valence-electron chi connectivity index (χ4n) is 7.22. The van der Waals surface area contributed by atoms with E-state index in [-0.39, 0.29) is 34.3 Å². The van der Waals surface area contributed by atoms with Gasteiger partial charge in [0.05, 0.1) is 16.7 Å². The lowest BCUT2D eigenvalue weighted by Gasteiger charge is -2.41. The van der Waals surface area contributed by atoms with E-state index in [1.54, 1.807) is 0 Å². The molecular weight excluding hydrogens is 539 g/mol. The second-order valence-corrected chi connectivity index (χ2v) is 12.6. The van der Waals surface area contributed by atoms with Crippen LogP contribution in [-0.2, 0) is 10.2 Å². The summed E-state index contributed by atoms with van der Waals surface area (Å²) < 4.78 is 13.7. The summed E-state index contributed by atoms with van der Waals surface area (Å²) in [6, 6.07) is 14.4. The van der Waals surface area contributed by atoms with Crippen LogP contribution < -0.4 is 5.32 Å². The molecule has 2 aliphatic carbocycles. The minimum atomic E-state index is -0.519. The largest absolute Gasteiger partial charge is 0.342 e. The number of fused-ring (bicyclic) bond motifs is 1. The van der Waals surface area contributed by atoms with Crippen LogP contribution in [0.5, 0.6) is 0 Å². The molecule has 2 aromatic carbocycles. The van der Waals surface area contributed by atoms with Crippen LogP contribution in [0.1, 0.15) is 76.3 Å². The minimum absolute atomic E-state index is 0.0242. The summed E-state index contributed by atoms with van der Waals surface area (Å²) in [4.78, 5) is 30.7. The number of urea groups is 1. The average molecular weight is 579 g/mol. The smallest absolute Gasteiger partial charge is 0.322 e. The fraction of sp³-hybridized carbons (Fsp3) is 0.545. The van der Waals surface area contributed by atoms with Gasteiger partial charge >= 0.3 is 6.03 Å². The number of hydrogen-bond acceptors (Lipinski definition) is 3. The van der Waals surface area contributed by atoms with Gasteiger partial charge in [0.2, 0.25) is 5.91 Å². The zero-order chi connectivity index (χ0) is 29.1. The number of nitrogens with one attached hydrogen (secondary N) is 1. The maximum atomic E-state index is 13.8. The van der Waals surface area contributed by atoms with Crippen LogP contribution in [-0.4, -0.2) is 47.4 Å². The van der Waals surface area contributed by atoms with Gasteiger partial charge < -0.3 is 15.1 Å². The number of anilines is 1. The molecule has 0 aromatic heterocycles. The predicted molar refractivity (Wildman–Crippen MR) is 159 cm³/mol. The van der Waals surface area contributed by atoms with E-state index in [0.29, 0.717) is 29.6 Å². The van der Waals surface area contributed by atoms with E-state index >= 15 is 0 Å². The number of piperidine rings is 1. The number of amides is 3. The van der Waals surface area contributed by atoms with Crippen molar-refractivity contribution in [2.24, 2.45) is 17.8 Å². The van der Waals surface area contributed by atoms with Gasteiger partial charge in [-0.1, -0.05) is 37.6 Å². The summed E-state index contributed by atoms with van der Waals surface area (Å²) in [5.74, 6) is 0.612. The first-order valence-electron chi connectivity index (χ1n) is 15.1. The Morgan fingerprint density at radius 2 is 1.93 bits per heavy atom. The van der Waals surface area contributed by atoms with E-state index in [1.165, 1.54) is 23.8 Å². The zero-order valence-corrected chi connectivity index (χ0v) is 24.8. The summed E-state index contributed by atoms with van der Waals surface area (Å²) in [5, 5.41) is 12.3. The number of nitriles is 1. The Hall–Kier alpha value is -3.11. The van der Waals surface area contributed by atoms with Gasteiger partial charge in [-0.25, -0.2) is 9.18 Å². The lowest BCUT2D eigenvalue weighted by Crippen LogP contribution is -2.49. The monoisotopic (exact) mass is 578 g/mol. The third-order valence-corrected chi connectivity index (χ3v) is 10.2. The molecule has 41 heavy (non-hydrogen) atoms. The van der Waals surface area contributed by atoms with Gasteiger partial charge in [0.15, 0.2) is 0 Å². The fourth-order valence-corrected chi connectivity index (χ4v) is 7.40. The van der Waals surface area contributed by atoms with E-state index in [2.05, 4.69) is 31.3 Å². The molecule has 0 radical (unpaired) electrons. The summed E-state index contributed by atoms with van der Waals surface area (Å²) >= 11 is 5.99. The Morgan fingerprint density at radius 3 is 2.59 bits per heavy atom. The van der Waals surface area contributed by atoms with Crippen LogP contribution in [0, 0.1) is 34.9 Å². The quantitative estimate of drug-likeness (QED) is 0.355. The third kappa shape index (κ3) is 6.23. The van der Waals surface area contributed by atoms with Crippen molar-refractivity contribution in [2.45, 2.75) is 76.7 Å². The second-order valence-electron chi connectivity index (χ2n) is 12.2. The first-order valence-corrected chi connectivity index (χ1v) is 15.5. The van der Waals surface area contributed by atoms with Gasteiger partial charge in [0, 0.05) is 37.3 Å². The summed E-state index contributed by atoms with van der Waals surface area (Å²) in [7, 11) is 0. The molecule has 3 aliphatic rings. The maximum absolute atomic E-state index is 13.8. The molecule has 1 saturated heterocycles. The van der Waals surface area contributed by atoms with Gasteiger partial charge in [-0.3, -0.25) is 4.79 Å². The number of halogens is 2. The molecule has 1 heterocycles. The Balaban J connectivity index is 1.28. The van der Waals surface area contributed by atoms with E-state index in [9.17, 15) is 19.2 Å². The number of benzene rings is 2. The van der Waals surface area contributed by atoms with Gasteiger partial charge in [-0.15, -0.1) is 0 Å². The van der Waals surface area contributed by atoms with Crippen LogP contribution in [0.3, 0.4) is 0 Å². The van der Waals surface area contributed by atoms with Crippen molar-refractivity contribution in [1.82, 2.24) is 9.80 Å². The number of hydrogen-bond donors (Lipinski definition) is 1. The molecule has 3 amide bonds. The van der Waals surface area contributed by atoms with Crippen LogP contribution in [0.4, 0.5) is 14.9 Å². The van der Waals surface area contributed by atoms with E-state index in [4.69, 9.17) is 11.6 Å². The molecule has 2 aromatic rings. The SMILES string of the molecule is CCC(CC)C(=O)N1CCC(CN(C(=O)Nc2ccc(F)c(Cl)c2)C2CC[C@]3(c4cccc(C#N)c4)C[C@@H]3C2)CC1. The molecule has 3 fully saturated rings. The first kappa shape index (κ1) is 29.4. The maximum Gasteiger partial charge on any atom is 0.322 e. The number of nitrogens with zero attached hydrogens (tertiary/aromatic N) is 3. The molecule has 218 valence electrons. The Kier molecular flexibility index (Phi) is 8.89. The third-order valence-electron chi connectivity index (χ3n) is 9.87. The highest BCUT2D eigenvalue weighted by Gasteiger charge is 2.58. The van der Waals surface area contributed by atoms with Crippen molar-refractivity contribution in [3.63, 3.8) is 0 Å². The second kappa shape index (κ2) is 12.4. The van der Waals surface area contributed by atoms with Gasteiger partial charge in [-0.05, 0) is 105 Å². The highest BCUT2D eigenvalue weighted by atomic mass is 35.5. The molecule has 5 rings (SSSR count). The molecule has 2 saturated carbocycles. The minimum Gasteiger partial charge on any atom is -0.342 e. The standard InChI is InChI=1S/C33H40ClFN4O2/c1-3-24(4-2)31(40)38-14-11-22(12-15-38)21-39(32(41)37-27-8-9-30(35)29(34)18-27)28-10-13-33(19-26(33)17-28)25-7-5-6-23(16-25)20-36/h5-9,16,18,22,24,26,28H,3-4,10-15,17,19,21H2,1-2H3,(H,37,41)/t26-,28?,33+/m0/s1. The number of likely N-dealkylation sites (tertiary alicyclic amines) is 1. The molecule has 6 nitrogen and oxygen atoms in total. The summed E-state index contributed by atoms with van der Waals surface area (Å²) in [6.07, 6.45) is 7.34.